The van der Waals surface area contributed by atoms with Gasteiger partial charge in [0.25, 0.3) is 5.69 Å². The molecule has 1 N–H and O–H groups in total. The van der Waals surface area contributed by atoms with E-state index in [0.29, 0.717) is 5.02 Å². The van der Waals surface area contributed by atoms with Crippen LogP contribution in [0.4, 0.5) is 11.4 Å². The van der Waals surface area contributed by atoms with Crippen LogP contribution in [0.15, 0.2) is 42.5 Å². The third-order valence-electron chi connectivity index (χ3n) is 2.88. The Bertz CT molecular complexity index is 649. The van der Waals surface area contributed by atoms with Crippen molar-refractivity contribution in [3.63, 3.8) is 0 Å². The zero-order chi connectivity index (χ0) is 14.7. The van der Waals surface area contributed by atoms with Gasteiger partial charge in [0.1, 0.15) is 0 Å². The van der Waals surface area contributed by atoms with Gasteiger partial charge in [-0.1, -0.05) is 23.7 Å². The molecule has 2 aromatic rings. The number of hydrogen-bond donors (Lipinski definition) is 1. The normalized spacial score (nSPS) is 11.9. The van der Waals surface area contributed by atoms with Gasteiger partial charge in [0.05, 0.1) is 4.92 Å². The number of hydrogen-bond acceptors (Lipinski definition) is 3. The van der Waals surface area contributed by atoms with Gasteiger partial charge < -0.3 is 5.32 Å². The minimum Gasteiger partial charge on any atom is -0.378 e. The van der Waals surface area contributed by atoms with Crippen LogP contribution in [0.3, 0.4) is 0 Å². The second-order valence-corrected chi connectivity index (χ2v) is 5.94. The fraction of sp³-hybridized carbons (Fsp3) is 0.143. The average molecular weight is 403 g/mol. The van der Waals surface area contributed by atoms with E-state index in [1.165, 1.54) is 6.07 Å². The Morgan fingerprint density at radius 2 is 2.05 bits per heavy atom. The first-order chi connectivity index (χ1) is 9.47. The van der Waals surface area contributed by atoms with Gasteiger partial charge in [-0.3, -0.25) is 10.1 Å². The van der Waals surface area contributed by atoms with Crippen LogP contribution in [0.5, 0.6) is 0 Å². The molecular formula is C14H12ClIN2O2. The van der Waals surface area contributed by atoms with E-state index >= 15 is 0 Å². The summed E-state index contributed by atoms with van der Waals surface area (Å²) >= 11 is 8.12. The predicted octanol–water partition coefficient (Wildman–Crippen LogP) is 5.03. The van der Waals surface area contributed by atoms with Crippen LogP contribution in [-0.2, 0) is 0 Å². The van der Waals surface area contributed by atoms with Crippen LogP contribution in [0.25, 0.3) is 0 Å². The number of anilines is 1. The van der Waals surface area contributed by atoms with Crippen LogP contribution < -0.4 is 5.32 Å². The van der Waals surface area contributed by atoms with Crippen LogP contribution in [0.2, 0.25) is 5.02 Å². The van der Waals surface area contributed by atoms with Crippen molar-refractivity contribution in [3.8, 4) is 0 Å². The molecule has 0 saturated heterocycles. The van der Waals surface area contributed by atoms with E-state index in [2.05, 4.69) is 27.9 Å². The van der Waals surface area contributed by atoms with Crippen molar-refractivity contribution in [2.24, 2.45) is 0 Å². The van der Waals surface area contributed by atoms with E-state index < -0.39 is 0 Å². The van der Waals surface area contributed by atoms with Gasteiger partial charge in [0.2, 0.25) is 0 Å². The summed E-state index contributed by atoms with van der Waals surface area (Å²) in [7, 11) is 0. The van der Waals surface area contributed by atoms with Crippen molar-refractivity contribution in [1.82, 2.24) is 0 Å². The van der Waals surface area contributed by atoms with Gasteiger partial charge in [-0.25, -0.2) is 0 Å². The van der Waals surface area contributed by atoms with Crippen LogP contribution in [0.1, 0.15) is 18.5 Å². The summed E-state index contributed by atoms with van der Waals surface area (Å²) in [5.74, 6) is 0. The number of rotatable bonds is 4. The summed E-state index contributed by atoms with van der Waals surface area (Å²) < 4.78 is 1.01. The Labute approximate surface area is 135 Å². The van der Waals surface area contributed by atoms with Crippen molar-refractivity contribution in [1.29, 1.82) is 0 Å². The first-order valence-corrected chi connectivity index (χ1v) is 7.39. The molecule has 0 amide bonds. The molecule has 1 unspecified atom stereocenters. The topological polar surface area (TPSA) is 55.2 Å². The highest BCUT2D eigenvalue weighted by atomic mass is 127. The number of nitrogens with one attached hydrogen (secondary N) is 1. The standard InChI is InChI=1S/C14H12ClIN2O2/c1-9(10-3-2-4-12(7-10)18(19)20)17-14-6-5-11(15)8-13(14)16/h2-9,17H,1H3. The predicted molar refractivity (Wildman–Crippen MR) is 89.3 cm³/mol. The Hall–Kier alpha value is -1.34. The fourth-order valence-electron chi connectivity index (χ4n) is 1.83. The molecule has 104 valence electrons. The molecule has 0 radical (unpaired) electrons. The highest BCUT2D eigenvalue weighted by Gasteiger charge is 2.12. The summed E-state index contributed by atoms with van der Waals surface area (Å²) in [4.78, 5) is 10.4. The van der Waals surface area contributed by atoms with E-state index in [9.17, 15) is 10.1 Å². The van der Waals surface area contributed by atoms with Crippen molar-refractivity contribution in [2.45, 2.75) is 13.0 Å². The summed E-state index contributed by atoms with van der Waals surface area (Å²) in [6, 6.07) is 12.2. The Morgan fingerprint density at radius 3 is 2.70 bits per heavy atom. The van der Waals surface area contributed by atoms with Crippen LogP contribution in [-0.4, -0.2) is 4.92 Å². The third-order valence-corrected chi connectivity index (χ3v) is 4.01. The van der Waals surface area contributed by atoms with E-state index in [-0.39, 0.29) is 16.7 Å². The molecule has 20 heavy (non-hydrogen) atoms. The van der Waals surface area contributed by atoms with Crippen LogP contribution >= 0.6 is 34.2 Å². The van der Waals surface area contributed by atoms with Gasteiger partial charge in [-0.2, -0.15) is 0 Å². The monoisotopic (exact) mass is 402 g/mol. The lowest BCUT2D eigenvalue weighted by atomic mass is 10.1. The minimum atomic E-state index is -0.387. The van der Waals surface area contributed by atoms with E-state index in [0.717, 1.165) is 14.8 Å². The summed E-state index contributed by atoms with van der Waals surface area (Å²) in [5.41, 5.74) is 1.92. The van der Waals surface area contributed by atoms with Crippen LogP contribution in [0, 0.1) is 13.7 Å². The van der Waals surface area contributed by atoms with Gasteiger partial charge >= 0.3 is 0 Å². The van der Waals surface area contributed by atoms with Crippen molar-refractivity contribution in [3.05, 3.63) is 66.7 Å². The van der Waals surface area contributed by atoms with Gasteiger partial charge in [-0.15, -0.1) is 0 Å². The van der Waals surface area contributed by atoms with E-state index in [1.54, 1.807) is 12.1 Å². The molecule has 0 aliphatic carbocycles. The molecule has 2 aromatic carbocycles. The summed E-state index contributed by atoms with van der Waals surface area (Å²) in [6.45, 7) is 1.96. The third kappa shape index (κ3) is 3.61. The molecule has 1 atom stereocenters. The quantitative estimate of drug-likeness (QED) is 0.443. The number of nitrogens with zero attached hydrogens (tertiary/aromatic N) is 1. The lowest BCUT2D eigenvalue weighted by molar-refractivity contribution is -0.384. The molecule has 0 aliphatic rings. The minimum absolute atomic E-state index is 0.0374. The second-order valence-electron chi connectivity index (χ2n) is 4.34. The number of nitro benzene ring substituents is 1. The Balaban J connectivity index is 2.21. The molecule has 0 spiro atoms. The molecule has 0 fully saturated rings. The molecule has 0 saturated carbocycles. The van der Waals surface area contributed by atoms with E-state index in [1.807, 2.05) is 31.2 Å². The summed E-state index contributed by atoms with van der Waals surface area (Å²) in [6.07, 6.45) is 0. The maximum absolute atomic E-state index is 10.8. The molecule has 6 heteroatoms. The Kier molecular flexibility index (Phi) is 4.82. The van der Waals surface area contributed by atoms with E-state index in [4.69, 9.17) is 11.6 Å². The molecule has 0 bridgehead atoms. The molecule has 0 aliphatic heterocycles. The maximum Gasteiger partial charge on any atom is 0.269 e. The molecule has 4 nitrogen and oxygen atoms in total. The molecule has 0 aromatic heterocycles. The first kappa shape index (κ1) is 15.1. The smallest absolute Gasteiger partial charge is 0.269 e. The first-order valence-electron chi connectivity index (χ1n) is 5.93. The number of benzene rings is 2. The lowest BCUT2D eigenvalue weighted by Gasteiger charge is -2.17. The zero-order valence-electron chi connectivity index (χ0n) is 10.6. The molecular weight excluding hydrogens is 391 g/mol. The number of halogens is 2. The highest BCUT2D eigenvalue weighted by Crippen LogP contribution is 2.27. The highest BCUT2D eigenvalue weighted by molar-refractivity contribution is 14.1. The number of nitro groups is 1. The summed E-state index contributed by atoms with van der Waals surface area (Å²) in [5, 5.41) is 14.8. The van der Waals surface area contributed by atoms with Crippen molar-refractivity contribution >= 4 is 45.6 Å². The SMILES string of the molecule is CC(Nc1ccc(Cl)cc1I)c1cccc([N+](=O)[O-])c1. The Morgan fingerprint density at radius 1 is 1.30 bits per heavy atom. The molecule has 2 rings (SSSR count). The molecule has 0 heterocycles. The van der Waals surface area contributed by atoms with Gasteiger partial charge in [-0.05, 0) is 53.3 Å². The van der Waals surface area contributed by atoms with Gasteiger partial charge in [0, 0.05) is 32.5 Å². The van der Waals surface area contributed by atoms with Crippen molar-refractivity contribution < 1.29 is 4.92 Å². The fourth-order valence-corrected chi connectivity index (χ4v) is 2.86. The average Bonchev–Trinajstić information content (AvgIpc) is 2.42. The van der Waals surface area contributed by atoms with Crippen molar-refractivity contribution in [2.75, 3.05) is 5.32 Å². The largest absolute Gasteiger partial charge is 0.378 e. The zero-order valence-corrected chi connectivity index (χ0v) is 13.6. The lowest BCUT2D eigenvalue weighted by Crippen LogP contribution is -2.08. The van der Waals surface area contributed by atoms with Gasteiger partial charge in [0.15, 0.2) is 0 Å². The number of non-ortho nitro benzene ring substituents is 1. The maximum atomic E-state index is 10.8. The second kappa shape index (κ2) is 6.41.